The Morgan fingerprint density at radius 2 is 1.83 bits per heavy atom. The molecule has 0 spiro atoms. The molecule has 2 aromatic rings. The molecule has 1 aliphatic rings. The molecule has 3 rings (SSSR count). The van der Waals surface area contributed by atoms with Gasteiger partial charge in [0, 0.05) is 30.7 Å². The van der Waals surface area contributed by atoms with Crippen LogP contribution in [0.1, 0.15) is 21.5 Å². The van der Waals surface area contributed by atoms with Crippen LogP contribution in [0.15, 0.2) is 36.4 Å². The van der Waals surface area contributed by atoms with Crippen LogP contribution in [-0.2, 0) is 11.3 Å². The zero-order chi connectivity index (χ0) is 20.8. The standard InChI is InChI=1S/C22H24ClNO5/c1-27-19-13-20(28-2)21(18(25)8-5-15-3-6-16(23)7-4-15)22(26)17(19)14-24-9-11-29-12-10-24/h3-8,13,26H,9-12,14H2,1-2H3/b8-5+. The quantitative estimate of drug-likeness (QED) is 0.546. The normalized spacial score (nSPS) is 14.9. The highest BCUT2D eigenvalue weighted by Crippen LogP contribution is 2.40. The smallest absolute Gasteiger partial charge is 0.193 e. The summed E-state index contributed by atoms with van der Waals surface area (Å²) in [6, 6.07) is 8.75. The lowest BCUT2D eigenvalue weighted by atomic mass is 10.0. The first-order valence-corrected chi connectivity index (χ1v) is 9.66. The number of phenolic OH excluding ortho intramolecular Hbond substituents is 1. The van der Waals surface area contributed by atoms with Crippen LogP contribution < -0.4 is 9.47 Å². The maximum atomic E-state index is 12.9. The molecule has 29 heavy (non-hydrogen) atoms. The molecule has 2 aromatic carbocycles. The summed E-state index contributed by atoms with van der Waals surface area (Å²) in [6.45, 7) is 3.20. The van der Waals surface area contributed by atoms with Gasteiger partial charge in [0.1, 0.15) is 22.8 Å². The Kier molecular flexibility index (Phi) is 7.14. The number of aromatic hydroxyl groups is 1. The van der Waals surface area contributed by atoms with Gasteiger partial charge in [-0.1, -0.05) is 29.8 Å². The van der Waals surface area contributed by atoms with Crippen LogP contribution in [0.3, 0.4) is 0 Å². The lowest BCUT2D eigenvalue weighted by molar-refractivity contribution is 0.0335. The fraction of sp³-hybridized carbons (Fsp3) is 0.318. The molecule has 0 aromatic heterocycles. The molecule has 0 unspecified atom stereocenters. The van der Waals surface area contributed by atoms with Crippen LogP contribution in [0, 0.1) is 0 Å². The third-order valence-electron chi connectivity index (χ3n) is 4.80. The molecular weight excluding hydrogens is 394 g/mol. The van der Waals surface area contributed by atoms with Gasteiger partial charge in [-0.3, -0.25) is 9.69 Å². The van der Waals surface area contributed by atoms with Crippen molar-refractivity contribution in [2.75, 3.05) is 40.5 Å². The molecule has 1 N–H and O–H groups in total. The second kappa shape index (κ2) is 9.78. The summed E-state index contributed by atoms with van der Waals surface area (Å²) in [7, 11) is 2.98. The Bertz CT molecular complexity index is 889. The summed E-state index contributed by atoms with van der Waals surface area (Å²) in [5.74, 6) is 0.249. The van der Waals surface area contributed by atoms with Crippen LogP contribution in [0.4, 0.5) is 0 Å². The number of benzene rings is 2. The number of halogens is 1. The number of morpholine rings is 1. The van der Waals surface area contributed by atoms with Gasteiger partial charge in [0.15, 0.2) is 5.78 Å². The number of rotatable bonds is 7. The highest BCUT2D eigenvalue weighted by molar-refractivity contribution is 6.30. The van der Waals surface area contributed by atoms with Crippen molar-refractivity contribution >= 4 is 23.5 Å². The van der Waals surface area contributed by atoms with E-state index in [0.717, 1.165) is 18.7 Å². The van der Waals surface area contributed by atoms with E-state index in [0.29, 0.717) is 36.1 Å². The van der Waals surface area contributed by atoms with Crippen molar-refractivity contribution in [3.05, 3.63) is 58.1 Å². The molecule has 7 heteroatoms. The average molecular weight is 418 g/mol. The number of methoxy groups -OCH3 is 2. The van der Waals surface area contributed by atoms with Gasteiger partial charge in [-0.2, -0.15) is 0 Å². The second-order valence-electron chi connectivity index (χ2n) is 6.62. The van der Waals surface area contributed by atoms with E-state index >= 15 is 0 Å². The average Bonchev–Trinajstić information content (AvgIpc) is 2.75. The van der Waals surface area contributed by atoms with Crippen molar-refractivity contribution in [2.45, 2.75) is 6.54 Å². The molecular formula is C22H24ClNO5. The summed E-state index contributed by atoms with van der Waals surface area (Å²) in [4.78, 5) is 15.0. The third-order valence-corrected chi connectivity index (χ3v) is 5.05. The highest BCUT2D eigenvalue weighted by Gasteiger charge is 2.25. The fourth-order valence-electron chi connectivity index (χ4n) is 3.21. The Morgan fingerprint density at radius 3 is 2.45 bits per heavy atom. The van der Waals surface area contributed by atoms with Gasteiger partial charge in [-0.25, -0.2) is 0 Å². The van der Waals surface area contributed by atoms with Crippen molar-refractivity contribution in [1.29, 1.82) is 0 Å². The predicted molar refractivity (Wildman–Crippen MR) is 112 cm³/mol. The van der Waals surface area contributed by atoms with E-state index in [9.17, 15) is 9.90 Å². The molecule has 0 bridgehead atoms. The van der Waals surface area contributed by atoms with Gasteiger partial charge in [0.25, 0.3) is 0 Å². The monoisotopic (exact) mass is 417 g/mol. The van der Waals surface area contributed by atoms with E-state index in [-0.39, 0.29) is 22.8 Å². The maximum absolute atomic E-state index is 12.9. The minimum Gasteiger partial charge on any atom is -0.507 e. The molecule has 0 saturated carbocycles. The van der Waals surface area contributed by atoms with Crippen LogP contribution in [0.5, 0.6) is 17.2 Å². The van der Waals surface area contributed by atoms with E-state index in [2.05, 4.69) is 4.90 Å². The Labute approximate surface area is 175 Å². The number of hydrogen-bond donors (Lipinski definition) is 1. The Morgan fingerprint density at radius 1 is 1.17 bits per heavy atom. The van der Waals surface area contributed by atoms with Crippen LogP contribution in [0.25, 0.3) is 6.08 Å². The lowest BCUT2D eigenvalue weighted by Gasteiger charge is -2.28. The van der Waals surface area contributed by atoms with Crippen molar-refractivity contribution in [2.24, 2.45) is 0 Å². The molecule has 1 heterocycles. The SMILES string of the molecule is COc1cc(OC)c(C(=O)/C=C/c2ccc(Cl)cc2)c(O)c1CN1CCOCC1. The van der Waals surface area contributed by atoms with E-state index in [1.807, 2.05) is 0 Å². The number of carbonyl (C=O) groups excluding carboxylic acids is 1. The number of ketones is 1. The zero-order valence-electron chi connectivity index (χ0n) is 16.5. The van der Waals surface area contributed by atoms with E-state index < -0.39 is 0 Å². The molecule has 0 amide bonds. The van der Waals surface area contributed by atoms with Crippen molar-refractivity contribution in [1.82, 2.24) is 4.90 Å². The zero-order valence-corrected chi connectivity index (χ0v) is 17.2. The van der Waals surface area contributed by atoms with Gasteiger partial charge in [0.2, 0.25) is 0 Å². The maximum Gasteiger partial charge on any atom is 0.193 e. The summed E-state index contributed by atoms with van der Waals surface area (Å²) in [6.07, 6.45) is 3.08. The first kappa shape index (κ1) is 21.2. The van der Waals surface area contributed by atoms with Crippen molar-refractivity contribution < 1.29 is 24.1 Å². The number of nitrogens with zero attached hydrogens (tertiary/aromatic N) is 1. The number of allylic oxidation sites excluding steroid dienone is 1. The number of hydrogen-bond acceptors (Lipinski definition) is 6. The molecule has 6 nitrogen and oxygen atoms in total. The largest absolute Gasteiger partial charge is 0.507 e. The van der Waals surface area contributed by atoms with Gasteiger partial charge < -0.3 is 19.3 Å². The van der Waals surface area contributed by atoms with Gasteiger partial charge in [0.05, 0.1) is 33.0 Å². The van der Waals surface area contributed by atoms with E-state index in [1.54, 1.807) is 36.4 Å². The molecule has 1 fully saturated rings. The first-order chi connectivity index (χ1) is 14.0. The van der Waals surface area contributed by atoms with Gasteiger partial charge in [-0.15, -0.1) is 0 Å². The minimum atomic E-state index is -0.361. The summed E-state index contributed by atoms with van der Waals surface area (Å²) in [5, 5.41) is 11.6. The van der Waals surface area contributed by atoms with Gasteiger partial charge in [-0.05, 0) is 23.8 Å². The Hall–Kier alpha value is -2.54. The molecule has 154 valence electrons. The van der Waals surface area contributed by atoms with Crippen LogP contribution in [-0.4, -0.2) is 56.3 Å². The number of carbonyl (C=O) groups is 1. The van der Waals surface area contributed by atoms with Crippen LogP contribution >= 0.6 is 11.6 Å². The fourth-order valence-corrected chi connectivity index (χ4v) is 3.33. The predicted octanol–water partition coefficient (Wildman–Crippen LogP) is 3.79. The topological polar surface area (TPSA) is 68.2 Å². The second-order valence-corrected chi connectivity index (χ2v) is 7.06. The minimum absolute atomic E-state index is 0.113. The Balaban J connectivity index is 1.94. The van der Waals surface area contributed by atoms with Crippen molar-refractivity contribution in [3.8, 4) is 17.2 Å². The third kappa shape index (κ3) is 5.09. The molecule has 0 aliphatic carbocycles. The number of phenols is 1. The summed E-state index contributed by atoms with van der Waals surface area (Å²) >= 11 is 5.89. The van der Waals surface area contributed by atoms with Gasteiger partial charge >= 0.3 is 0 Å². The number of ether oxygens (including phenoxy) is 3. The molecule has 1 aliphatic heterocycles. The summed E-state index contributed by atoms with van der Waals surface area (Å²) < 4.78 is 16.2. The molecule has 0 radical (unpaired) electrons. The van der Waals surface area contributed by atoms with E-state index in [4.69, 9.17) is 25.8 Å². The van der Waals surface area contributed by atoms with E-state index in [1.165, 1.54) is 20.3 Å². The summed E-state index contributed by atoms with van der Waals surface area (Å²) in [5.41, 5.74) is 1.49. The lowest BCUT2D eigenvalue weighted by Crippen LogP contribution is -2.35. The van der Waals surface area contributed by atoms with Crippen molar-refractivity contribution in [3.63, 3.8) is 0 Å². The first-order valence-electron chi connectivity index (χ1n) is 9.28. The van der Waals surface area contributed by atoms with Crippen LogP contribution in [0.2, 0.25) is 5.02 Å². The highest BCUT2D eigenvalue weighted by atomic mass is 35.5. The molecule has 1 saturated heterocycles. The molecule has 0 atom stereocenters.